The van der Waals surface area contributed by atoms with Crippen molar-refractivity contribution in [1.82, 2.24) is 0 Å². The Bertz CT molecular complexity index is 586. The molecule has 4 heteroatoms. The summed E-state index contributed by atoms with van der Waals surface area (Å²) in [5.41, 5.74) is 3.47. The molecule has 0 saturated heterocycles. The van der Waals surface area contributed by atoms with E-state index in [4.69, 9.17) is 16.3 Å². The number of aryl methyl sites for hydroxylation is 1. The van der Waals surface area contributed by atoms with Gasteiger partial charge in [-0.25, -0.2) is 0 Å². The first kappa shape index (κ1) is 14.5. The lowest BCUT2D eigenvalue weighted by molar-refractivity contribution is 0.411. The number of methoxy groups -OCH3 is 1. The molecule has 0 heterocycles. The molecule has 0 aliphatic rings. The van der Waals surface area contributed by atoms with Crippen LogP contribution in [-0.4, -0.2) is 7.11 Å². The molecule has 0 atom stereocenters. The molecule has 0 bridgehead atoms. The molecule has 0 aliphatic heterocycles. The topological polar surface area (TPSA) is 21.3 Å². The molecule has 19 heavy (non-hydrogen) atoms. The minimum Gasteiger partial charge on any atom is -0.496 e. The van der Waals surface area contributed by atoms with Crippen LogP contribution in [0.3, 0.4) is 0 Å². The maximum absolute atomic E-state index is 5.94. The van der Waals surface area contributed by atoms with Crippen LogP contribution in [-0.2, 0) is 6.54 Å². The van der Waals surface area contributed by atoms with Gasteiger partial charge < -0.3 is 10.1 Å². The van der Waals surface area contributed by atoms with Gasteiger partial charge in [-0.05, 0) is 64.9 Å². The van der Waals surface area contributed by atoms with E-state index in [0.717, 1.165) is 32.1 Å². The number of benzene rings is 2. The third-order valence-electron chi connectivity index (χ3n) is 2.87. The van der Waals surface area contributed by atoms with Gasteiger partial charge in [0, 0.05) is 20.8 Å². The Balaban J connectivity index is 2.08. The fourth-order valence-corrected chi connectivity index (χ4v) is 2.94. The van der Waals surface area contributed by atoms with Crippen molar-refractivity contribution in [2.45, 2.75) is 13.5 Å². The summed E-state index contributed by atoms with van der Waals surface area (Å²) in [7, 11) is 1.69. The molecule has 0 unspecified atom stereocenters. The second-order valence-corrected chi connectivity index (χ2v) is 5.88. The molecule has 0 fully saturated rings. The van der Waals surface area contributed by atoms with Gasteiger partial charge in [0.15, 0.2) is 0 Å². The van der Waals surface area contributed by atoms with Gasteiger partial charge in [-0.15, -0.1) is 0 Å². The summed E-state index contributed by atoms with van der Waals surface area (Å²) >= 11 is 8.22. The van der Waals surface area contributed by atoms with Gasteiger partial charge in [-0.3, -0.25) is 0 Å². The molecular weight excluding hydrogens is 373 g/mol. The van der Waals surface area contributed by atoms with E-state index in [9.17, 15) is 0 Å². The maximum atomic E-state index is 5.94. The highest BCUT2D eigenvalue weighted by atomic mass is 127. The van der Waals surface area contributed by atoms with Gasteiger partial charge >= 0.3 is 0 Å². The summed E-state index contributed by atoms with van der Waals surface area (Å²) in [5.74, 6) is 0.921. The number of anilines is 1. The summed E-state index contributed by atoms with van der Waals surface area (Å²) < 4.78 is 6.38. The zero-order chi connectivity index (χ0) is 13.8. The lowest BCUT2D eigenvalue weighted by Gasteiger charge is -2.11. The molecule has 2 aromatic carbocycles. The van der Waals surface area contributed by atoms with Crippen LogP contribution >= 0.6 is 34.2 Å². The zero-order valence-corrected chi connectivity index (χ0v) is 13.7. The highest BCUT2D eigenvalue weighted by molar-refractivity contribution is 14.1. The van der Waals surface area contributed by atoms with E-state index in [1.54, 1.807) is 7.11 Å². The van der Waals surface area contributed by atoms with Crippen molar-refractivity contribution in [2.75, 3.05) is 12.4 Å². The zero-order valence-electron chi connectivity index (χ0n) is 10.8. The third-order valence-corrected chi connectivity index (χ3v) is 4.00. The van der Waals surface area contributed by atoms with E-state index in [1.807, 2.05) is 31.2 Å². The van der Waals surface area contributed by atoms with Gasteiger partial charge in [-0.1, -0.05) is 23.7 Å². The second kappa shape index (κ2) is 6.48. The Morgan fingerprint density at radius 2 is 2.00 bits per heavy atom. The molecule has 0 radical (unpaired) electrons. The molecule has 2 aromatic rings. The van der Waals surface area contributed by atoms with Gasteiger partial charge in [0.05, 0.1) is 7.11 Å². The highest BCUT2D eigenvalue weighted by Gasteiger charge is 2.02. The molecule has 100 valence electrons. The number of nitrogens with one attached hydrogen (secondary N) is 1. The molecule has 0 amide bonds. The Labute approximate surface area is 132 Å². The molecule has 0 spiro atoms. The summed E-state index contributed by atoms with van der Waals surface area (Å²) in [6.07, 6.45) is 0. The molecule has 0 aliphatic carbocycles. The third kappa shape index (κ3) is 3.76. The van der Waals surface area contributed by atoms with Crippen molar-refractivity contribution in [2.24, 2.45) is 0 Å². The summed E-state index contributed by atoms with van der Waals surface area (Å²) in [5, 5.41) is 4.17. The molecule has 2 rings (SSSR count). The van der Waals surface area contributed by atoms with E-state index in [0.29, 0.717) is 0 Å². The first-order valence-electron chi connectivity index (χ1n) is 5.92. The van der Waals surface area contributed by atoms with E-state index >= 15 is 0 Å². The molecule has 0 saturated carbocycles. The Morgan fingerprint density at radius 1 is 1.21 bits per heavy atom. The standard InChI is InChI=1S/C15H15ClINO/c1-10-7-11(3-6-15(10)19-2)9-18-14-5-4-12(16)8-13(14)17/h3-8,18H,9H2,1-2H3. The van der Waals surface area contributed by atoms with Gasteiger partial charge in [0.2, 0.25) is 0 Å². The lowest BCUT2D eigenvalue weighted by Crippen LogP contribution is -2.01. The summed E-state index contributed by atoms with van der Waals surface area (Å²) in [4.78, 5) is 0. The average molecular weight is 388 g/mol. The summed E-state index contributed by atoms with van der Waals surface area (Å²) in [6.45, 7) is 2.83. The number of hydrogen-bond donors (Lipinski definition) is 1. The fourth-order valence-electron chi connectivity index (χ4n) is 1.88. The smallest absolute Gasteiger partial charge is 0.121 e. The van der Waals surface area contributed by atoms with Crippen LogP contribution in [0.25, 0.3) is 0 Å². The van der Waals surface area contributed by atoms with E-state index < -0.39 is 0 Å². The summed E-state index contributed by atoms with van der Waals surface area (Å²) in [6, 6.07) is 12.0. The highest BCUT2D eigenvalue weighted by Crippen LogP contribution is 2.24. The maximum Gasteiger partial charge on any atom is 0.121 e. The minimum atomic E-state index is 0.759. The normalized spacial score (nSPS) is 10.3. The van der Waals surface area contributed by atoms with Crippen molar-refractivity contribution in [3.8, 4) is 5.75 Å². The van der Waals surface area contributed by atoms with Crippen LogP contribution in [0.5, 0.6) is 5.75 Å². The second-order valence-electron chi connectivity index (χ2n) is 4.28. The molecular formula is C15H15ClINO. The van der Waals surface area contributed by atoms with Crippen molar-refractivity contribution in [1.29, 1.82) is 0 Å². The van der Waals surface area contributed by atoms with Crippen LogP contribution in [0.4, 0.5) is 5.69 Å². The number of ether oxygens (including phenoxy) is 1. The predicted molar refractivity (Wildman–Crippen MR) is 89.2 cm³/mol. The lowest BCUT2D eigenvalue weighted by atomic mass is 10.1. The van der Waals surface area contributed by atoms with Crippen LogP contribution in [0, 0.1) is 10.5 Å². The first-order chi connectivity index (χ1) is 9.10. The van der Waals surface area contributed by atoms with Gasteiger partial charge in [0.25, 0.3) is 0 Å². The SMILES string of the molecule is COc1ccc(CNc2ccc(Cl)cc2I)cc1C. The number of rotatable bonds is 4. The van der Waals surface area contributed by atoms with Crippen molar-refractivity contribution >= 4 is 39.9 Å². The van der Waals surface area contributed by atoms with Gasteiger partial charge in [0.1, 0.15) is 5.75 Å². The van der Waals surface area contributed by atoms with Crippen molar-refractivity contribution in [3.63, 3.8) is 0 Å². The van der Waals surface area contributed by atoms with Crippen LogP contribution < -0.4 is 10.1 Å². The van der Waals surface area contributed by atoms with E-state index in [2.05, 4.69) is 40.0 Å². The van der Waals surface area contributed by atoms with Gasteiger partial charge in [-0.2, -0.15) is 0 Å². The predicted octanol–water partition coefficient (Wildman–Crippen LogP) is 4.87. The molecule has 2 nitrogen and oxygen atoms in total. The van der Waals surface area contributed by atoms with Crippen LogP contribution in [0.1, 0.15) is 11.1 Å². The Hall–Kier alpha value is -0.940. The quantitative estimate of drug-likeness (QED) is 0.756. The Morgan fingerprint density at radius 3 is 2.63 bits per heavy atom. The van der Waals surface area contributed by atoms with E-state index in [1.165, 1.54) is 5.56 Å². The van der Waals surface area contributed by atoms with Crippen molar-refractivity contribution < 1.29 is 4.74 Å². The van der Waals surface area contributed by atoms with E-state index in [-0.39, 0.29) is 0 Å². The minimum absolute atomic E-state index is 0.759. The fraction of sp³-hybridized carbons (Fsp3) is 0.200. The number of halogens is 2. The van der Waals surface area contributed by atoms with Crippen molar-refractivity contribution in [3.05, 3.63) is 56.1 Å². The number of hydrogen-bond acceptors (Lipinski definition) is 2. The van der Waals surface area contributed by atoms with Crippen LogP contribution in [0.15, 0.2) is 36.4 Å². The largest absolute Gasteiger partial charge is 0.496 e. The monoisotopic (exact) mass is 387 g/mol. The first-order valence-corrected chi connectivity index (χ1v) is 7.38. The molecule has 0 aromatic heterocycles. The average Bonchev–Trinajstić information content (AvgIpc) is 2.38. The van der Waals surface area contributed by atoms with Crippen LogP contribution in [0.2, 0.25) is 5.02 Å². The Kier molecular flexibility index (Phi) is 4.93. The molecule has 1 N–H and O–H groups in total.